The van der Waals surface area contributed by atoms with Gasteiger partial charge in [0.25, 0.3) is 0 Å². The lowest BCUT2D eigenvalue weighted by Crippen LogP contribution is -2.37. The van der Waals surface area contributed by atoms with E-state index in [1.807, 2.05) is 0 Å². The average molecular weight is 461 g/mol. The van der Waals surface area contributed by atoms with E-state index in [0.717, 1.165) is 56.4 Å². The van der Waals surface area contributed by atoms with Crippen molar-refractivity contribution in [3.05, 3.63) is 23.3 Å². The van der Waals surface area contributed by atoms with Crippen LogP contribution < -0.4 is 21.7 Å². The van der Waals surface area contributed by atoms with E-state index in [0.29, 0.717) is 12.6 Å². The van der Waals surface area contributed by atoms with Crippen molar-refractivity contribution in [2.24, 2.45) is 29.4 Å². The fourth-order valence-corrected chi connectivity index (χ4v) is 5.44. The molecule has 0 aromatic rings. The van der Waals surface area contributed by atoms with E-state index in [4.69, 9.17) is 5.73 Å². The van der Waals surface area contributed by atoms with E-state index in [1.54, 1.807) is 11.1 Å². The van der Waals surface area contributed by atoms with Gasteiger partial charge in [-0.1, -0.05) is 51.0 Å². The van der Waals surface area contributed by atoms with Crippen LogP contribution in [-0.2, 0) is 0 Å². The van der Waals surface area contributed by atoms with Crippen LogP contribution in [0.25, 0.3) is 0 Å². The van der Waals surface area contributed by atoms with Crippen molar-refractivity contribution in [2.45, 2.75) is 97.9 Å². The predicted octanol–water partition coefficient (Wildman–Crippen LogP) is 5.41. The molecule has 0 aromatic carbocycles. The quantitative estimate of drug-likeness (QED) is 0.173. The average Bonchev–Trinajstić information content (AvgIpc) is 2.82. The summed E-state index contributed by atoms with van der Waals surface area (Å²) in [5.41, 5.74) is 8.97. The van der Waals surface area contributed by atoms with Crippen LogP contribution in [0.15, 0.2) is 23.3 Å². The first-order chi connectivity index (χ1) is 16.0. The third kappa shape index (κ3) is 12.0. The third-order valence-corrected chi connectivity index (χ3v) is 8.14. The second-order valence-electron chi connectivity index (χ2n) is 11.3. The molecule has 0 saturated heterocycles. The van der Waals surface area contributed by atoms with Crippen LogP contribution in [0.1, 0.15) is 91.9 Å². The van der Waals surface area contributed by atoms with Crippen molar-refractivity contribution in [3.8, 4) is 0 Å². The van der Waals surface area contributed by atoms with Gasteiger partial charge in [-0.05, 0) is 87.9 Å². The van der Waals surface area contributed by atoms with Gasteiger partial charge in [-0.2, -0.15) is 0 Å². The molecule has 0 heterocycles. The first kappa shape index (κ1) is 28.6. The van der Waals surface area contributed by atoms with Gasteiger partial charge in [-0.15, -0.1) is 0 Å². The highest BCUT2D eigenvalue weighted by Crippen LogP contribution is 2.33. The highest BCUT2D eigenvalue weighted by atomic mass is 15.0. The van der Waals surface area contributed by atoms with Crippen LogP contribution in [0.5, 0.6) is 0 Å². The van der Waals surface area contributed by atoms with Gasteiger partial charge >= 0.3 is 0 Å². The molecule has 0 spiro atoms. The van der Waals surface area contributed by atoms with Gasteiger partial charge < -0.3 is 21.7 Å². The summed E-state index contributed by atoms with van der Waals surface area (Å²) in [6.07, 6.45) is 18.4. The molecule has 0 aliphatic heterocycles. The van der Waals surface area contributed by atoms with E-state index in [2.05, 4.69) is 55.8 Å². The molecule has 0 saturated carbocycles. The molecule has 5 N–H and O–H groups in total. The van der Waals surface area contributed by atoms with Gasteiger partial charge in [0.15, 0.2) is 0 Å². The summed E-state index contributed by atoms with van der Waals surface area (Å²) in [5, 5.41) is 10.8. The normalized spacial score (nSPS) is 22.5. The Morgan fingerprint density at radius 2 is 1.24 bits per heavy atom. The fourth-order valence-electron chi connectivity index (χ4n) is 5.44. The molecular formula is C29H56N4. The maximum absolute atomic E-state index is 5.53. The minimum Gasteiger partial charge on any atom is -0.329 e. The topological polar surface area (TPSA) is 62.1 Å². The van der Waals surface area contributed by atoms with E-state index in [9.17, 15) is 0 Å². The Balaban J connectivity index is 1.74. The van der Waals surface area contributed by atoms with Gasteiger partial charge in [0.1, 0.15) is 0 Å². The highest BCUT2D eigenvalue weighted by molar-refractivity contribution is 5.09. The van der Waals surface area contributed by atoms with Crippen LogP contribution in [0.3, 0.4) is 0 Å². The molecule has 2 aliphatic rings. The molecule has 2 unspecified atom stereocenters. The van der Waals surface area contributed by atoms with Crippen molar-refractivity contribution < 1.29 is 0 Å². The van der Waals surface area contributed by atoms with E-state index in [-0.39, 0.29) is 0 Å². The number of nitrogens with one attached hydrogen (secondary N) is 3. The minimum absolute atomic E-state index is 0.634. The van der Waals surface area contributed by atoms with E-state index in [1.165, 1.54) is 64.2 Å². The molecule has 4 heteroatoms. The van der Waals surface area contributed by atoms with Gasteiger partial charge in [0, 0.05) is 45.3 Å². The first-order valence-electron chi connectivity index (χ1n) is 14.2. The highest BCUT2D eigenvalue weighted by Gasteiger charge is 2.20. The van der Waals surface area contributed by atoms with Crippen LogP contribution >= 0.6 is 0 Å². The summed E-state index contributed by atoms with van der Waals surface area (Å²) in [7, 11) is 0. The summed E-state index contributed by atoms with van der Waals surface area (Å²) in [5.74, 6) is 3.46. The molecule has 0 bridgehead atoms. The van der Waals surface area contributed by atoms with Gasteiger partial charge in [-0.25, -0.2) is 0 Å². The van der Waals surface area contributed by atoms with Crippen LogP contribution in [-0.4, -0.2) is 45.3 Å². The Morgan fingerprint density at radius 1 is 0.758 bits per heavy atom. The number of nitrogens with two attached hydrogens (primary N) is 1. The summed E-state index contributed by atoms with van der Waals surface area (Å²) in [6.45, 7) is 15.3. The maximum atomic E-state index is 5.53. The first-order valence-corrected chi connectivity index (χ1v) is 14.2. The molecule has 0 radical (unpaired) electrons. The lowest BCUT2D eigenvalue weighted by Gasteiger charge is -2.27. The number of hydrogen-bond acceptors (Lipinski definition) is 4. The Kier molecular flexibility index (Phi) is 14.6. The van der Waals surface area contributed by atoms with Gasteiger partial charge in [-0.3, -0.25) is 0 Å². The van der Waals surface area contributed by atoms with Crippen molar-refractivity contribution in [1.29, 1.82) is 0 Å². The monoisotopic (exact) mass is 460 g/mol. The van der Waals surface area contributed by atoms with Crippen LogP contribution in [0.2, 0.25) is 0 Å². The summed E-state index contributed by atoms with van der Waals surface area (Å²) < 4.78 is 0. The minimum atomic E-state index is 0.634. The molecule has 2 atom stereocenters. The molecule has 0 amide bonds. The molecule has 192 valence electrons. The second kappa shape index (κ2) is 16.9. The SMILES string of the molecule is CC(C)C1CC=C(CCC(CCC2=CCC(C(C)C)CC2)NCCNCCNCCN)CC1. The van der Waals surface area contributed by atoms with Crippen molar-refractivity contribution in [1.82, 2.24) is 16.0 Å². The smallest absolute Gasteiger partial charge is 0.00793 e. The van der Waals surface area contributed by atoms with Gasteiger partial charge in [0.2, 0.25) is 0 Å². The summed E-state index contributed by atoms with van der Waals surface area (Å²) in [6, 6.07) is 0.634. The number of rotatable bonds is 17. The molecule has 33 heavy (non-hydrogen) atoms. The van der Waals surface area contributed by atoms with Crippen LogP contribution in [0.4, 0.5) is 0 Å². The third-order valence-electron chi connectivity index (χ3n) is 8.14. The molecule has 2 rings (SSSR count). The Bertz CT molecular complexity index is 526. The molecule has 0 fully saturated rings. The molecular weight excluding hydrogens is 404 g/mol. The van der Waals surface area contributed by atoms with Crippen molar-refractivity contribution >= 4 is 0 Å². The Morgan fingerprint density at radius 3 is 1.67 bits per heavy atom. The van der Waals surface area contributed by atoms with Crippen molar-refractivity contribution in [2.75, 3.05) is 39.3 Å². The lowest BCUT2D eigenvalue weighted by atomic mass is 9.80. The Labute approximate surface area is 206 Å². The summed E-state index contributed by atoms with van der Waals surface area (Å²) >= 11 is 0. The number of allylic oxidation sites excluding steroid dienone is 4. The zero-order chi connectivity index (χ0) is 23.9. The van der Waals surface area contributed by atoms with Crippen molar-refractivity contribution in [3.63, 3.8) is 0 Å². The molecule has 2 aliphatic carbocycles. The van der Waals surface area contributed by atoms with E-state index < -0.39 is 0 Å². The lowest BCUT2D eigenvalue weighted by molar-refractivity contribution is 0.342. The zero-order valence-corrected chi connectivity index (χ0v) is 22.4. The molecule has 0 aromatic heterocycles. The largest absolute Gasteiger partial charge is 0.329 e. The predicted molar refractivity (Wildman–Crippen MR) is 146 cm³/mol. The molecule has 4 nitrogen and oxygen atoms in total. The zero-order valence-electron chi connectivity index (χ0n) is 22.4. The van der Waals surface area contributed by atoms with Gasteiger partial charge in [0.05, 0.1) is 0 Å². The fraction of sp³-hybridized carbons (Fsp3) is 0.862. The Hall–Kier alpha value is -0.680. The van der Waals surface area contributed by atoms with Crippen LogP contribution in [0, 0.1) is 23.7 Å². The maximum Gasteiger partial charge on any atom is 0.00793 e. The second-order valence-corrected chi connectivity index (χ2v) is 11.3. The van der Waals surface area contributed by atoms with E-state index >= 15 is 0 Å². The summed E-state index contributed by atoms with van der Waals surface area (Å²) in [4.78, 5) is 0. The standard InChI is InChI=1S/C29H56N4/c1-23(2)27-11-5-25(6-12-27)9-15-29(33-22-21-32-20-19-31-18-17-30)16-10-26-7-13-28(14-8-26)24(3)4/h5,7,23-24,27-29,31-33H,6,8-22,30H2,1-4H3. The number of hydrogen-bond donors (Lipinski definition) is 4.